The first-order valence-electron chi connectivity index (χ1n) is 7.96. The maximum atomic E-state index is 12.3. The summed E-state index contributed by atoms with van der Waals surface area (Å²) in [4.78, 5) is 12.3. The van der Waals surface area contributed by atoms with Crippen LogP contribution in [0.5, 0.6) is 5.75 Å². The lowest BCUT2D eigenvalue weighted by Crippen LogP contribution is -2.30. The van der Waals surface area contributed by atoms with Crippen molar-refractivity contribution in [1.29, 1.82) is 0 Å². The van der Waals surface area contributed by atoms with E-state index >= 15 is 0 Å². The summed E-state index contributed by atoms with van der Waals surface area (Å²) in [5.41, 5.74) is 3.13. The number of rotatable bonds is 5. The van der Waals surface area contributed by atoms with E-state index in [-0.39, 0.29) is 5.91 Å². The Morgan fingerprint density at radius 1 is 1.12 bits per heavy atom. The SMILES string of the molecule is Cc1ccc(O[C@@H](C)C(=O)Nc2nnc(-c3ccccc3)s2)c(C)c1. The Morgan fingerprint density at radius 2 is 1.88 bits per heavy atom. The average Bonchev–Trinajstić information content (AvgIpc) is 3.06. The molecule has 0 fully saturated rings. The van der Waals surface area contributed by atoms with Crippen molar-refractivity contribution in [2.24, 2.45) is 0 Å². The molecule has 1 atom stereocenters. The molecule has 128 valence electrons. The van der Waals surface area contributed by atoms with Crippen LogP contribution >= 0.6 is 11.3 Å². The van der Waals surface area contributed by atoms with Crippen LogP contribution < -0.4 is 10.1 Å². The van der Waals surface area contributed by atoms with E-state index in [1.165, 1.54) is 11.3 Å². The smallest absolute Gasteiger partial charge is 0.266 e. The summed E-state index contributed by atoms with van der Waals surface area (Å²) in [6, 6.07) is 15.6. The number of carbonyl (C=O) groups is 1. The second kappa shape index (κ2) is 7.44. The number of hydrogen-bond donors (Lipinski definition) is 1. The van der Waals surface area contributed by atoms with E-state index in [0.29, 0.717) is 10.9 Å². The van der Waals surface area contributed by atoms with Gasteiger partial charge in [-0.1, -0.05) is 59.4 Å². The van der Waals surface area contributed by atoms with Gasteiger partial charge in [0, 0.05) is 5.56 Å². The minimum Gasteiger partial charge on any atom is -0.481 e. The lowest BCUT2D eigenvalue weighted by atomic mass is 10.1. The molecule has 3 aromatic rings. The van der Waals surface area contributed by atoms with Crippen LogP contribution in [0.3, 0.4) is 0 Å². The number of anilines is 1. The molecule has 1 N–H and O–H groups in total. The summed E-state index contributed by atoms with van der Waals surface area (Å²) < 4.78 is 5.77. The maximum Gasteiger partial charge on any atom is 0.266 e. The monoisotopic (exact) mass is 353 g/mol. The van der Waals surface area contributed by atoms with Crippen molar-refractivity contribution >= 4 is 22.4 Å². The van der Waals surface area contributed by atoms with Crippen LogP contribution in [-0.4, -0.2) is 22.2 Å². The molecule has 6 heteroatoms. The standard InChI is InChI=1S/C19H19N3O2S/c1-12-9-10-16(13(2)11-12)24-14(3)17(23)20-19-22-21-18(25-19)15-7-5-4-6-8-15/h4-11,14H,1-3H3,(H,20,22,23)/t14-/m0/s1. The van der Waals surface area contributed by atoms with Gasteiger partial charge in [0.25, 0.3) is 5.91 Å². The Kier molecular flexibility index (Phi) is 5.09. The van der Waals surface area contributed by atoms with Gasteiger partial charge in [0.1, 0.15) is 10.8 Å². The molecule has 5 nitrogen and oxygen atoms in total. The van der Waals surface area contributed by atoms with Crippen LogP contribution in [0.4, 0.5) is 5.13 Å². The van der Waals surface area contributed by atoms with Gasteiger partial charge in [-0.25, -0.2) is 0 Å². The summed E-state index contributed by atoms with van der Waals surface area (Å²) in [7, 11) is 0. The molecule has 0 saturated carbocycles. The number of carbonyl (C=O) groups excluding carboxylic acids is 1. The zero-order valence-electron chi connectivity index (χ0n) is 14.3. The van der Waals surface area contributed by atoms with Crippen molar-refractivity contribution in [2.45, 2.75) is 26.9 Å². The van der Waals surface area contributed by atoms with Crippen molar-refractivity contribution in [3.63, 3.8) is 0 Å². The molecule has 1 amide bonds. The highest BCUT2D eigenvalue weighted by atomic mass is 32.1. The second-order valence-electron chi connectivity index (χ2n) is 5.80. The van der Waals surface area contributed by atoms with Crippen molar-refractivity contribution in [2.75, 3.05) is 5.32 Å². The fourth-order valence-electron chi connectivity index (χ4n) is 2.35. The predicted octanol–water partition coefficient (Wildman–Crippen LogP) is 4.23. The van der Waals surface area contributed by atoms with E-state index in [1.807, 2.05) is 62.4 Å². The highest BCUT2D eigenvalue weighted by Crippen LogP contribution is 2.26. The molecule has 1 aromatic heterocycles. The number of ether oxygens (including phenoxy) is 1. The normalized spacial score (nSPS) is 11.8. The Labute approximate surface area is 150 Å². The molecule has 0 aliphatic heterocycles. The molecular formula is C19H19N3O2S. The summed E-state index contributed by atoms with van der Waals surface area (Å²) in [5, 5.41) is 12.1. The predicted molar refractivity (Wildman–Crippen MR) is 100.0 cm³/mol. The molecule has 1 heterocycles. The quantitative estimate of drug-likeness (QED) is 0.745. The minimum absolute atomic E-state index is 0.254. The summed E-state index contributed by atoms with van der Waals surface area (Å²) in [6.07, 6.45) is -0.634. The lowest BCUT2D eigenvalue weighted by molar-refractivity contribution is -0.122. The molecule has 2 aromatic carbocycles. The molecular weight excluding hydrogens is 334 g/mol. The van der Waals surface area contributed by atoms with E-state index in [2.05, 4.69) is 15.5 Å². The summed E-state index contributed by atoms with van der Waals surface area (Å²) in [5.74, 6) is 0.450. The van der Waals surface area contributed by atoms with Gasteiger partial charge in [0.2, 0.25) is 5.13 Å². The van der Waals surface area contributed by atoms with Crippen LogP contribution in [0, 0.1) is 13.8 Å². The van der Waals surface area contributed by atoms with Crippen molar-refractivity contribution in [1.82, 2.24) is 10.2 Å². The first-order chi connectivity index (χ1) is 12.0. The van der Waals surface area contributed by atoms with Crippen LogP contribution in [0.25, 0.3) is 10.6 Å². The molecule has 0 unspecified atom stereocenters. The minimum atomic E-state index is -0.634. The second-order valence-corrected chi connectivity index (χ2v) is 6.77. The maximum absolute atomic E-state index is 12.3. The molecule has 25 heavy (non-hydrogen) atoms. The third kappa shape index (κ3) is 4.22. The van der Waals surface area contributed by atoms with Gasteiger partial charge in [-0.05, 0) is 32.4 Å². The van der Waals surface area contributed by atoms with Gasteiger partial charge < -0.3 is 4.74 Å². The number of amides is 1. The largest absolute Gasteiger partial charge is 0.481 e. The van der Waals surface area contributed by atoms with Gasteiger partial charge in [-0.15, -0.1) is 10.2 Å². The van der Waals surface area contributed by atoms with E-state index in [9.17, 15) is 4.79 Å². The number of nitrogens with zero attached hydrogens (tertiary/aromatic N) is 2. The molecule has 3 rings (SSSR count). The van der Waals surface area contributed by atoms with E-state index in [1.54, 1.807) is 6.92 Å². The topological polar surface area (TPSA) is 64.1 Å². The number of aromatic nitrogens is 2. The fourth-order valence-corrected chi connectivity index (χ4v) is 3.11. The van der Waals surface area contributed by atoms with Crippen LogP contribution in [0.2, 0.25) is 0 Å². The average molecular weight is 353 g/mol. The van der Waals surface area contributed by atoms with E-state index in [0.717, 1.165) is 21.7 Å². The third-order valence-electron chi connectivity index (χ3n) is 3.68. The number of nitrogens with one attached hydrogen (secondary N) is 1. The Hall–Kier alpha value is -2.73. The Morgan fingerprint density at radius 3 is 2.60 bits per heavy atom. The van der Waals surface area contributed by atoms with Crippen molar-refractivity contribution in [3.8, 4) is 16.3 Å². The van der Waals surface area contributed by atoms with Crippen molar-refractivity contribution < 1.29 is 9.53 Å². The lowest BCUT2D eigenvalue weighted by Gasteiger charge is -2.15. The number of aryl methyl sites for hydroxylation is 2. The zero-order chi connectivity index (χ0) is 17.8. The van der Waals surface area contributed by atoms with E-state index in [4.69, 9.17) is 4.74 Å². The number of benzene rings is 2. The molecule has 0 aliphatic carbocycles. The summed E-state index contributed by atoms with van der Waals surface area (Å²) in [6.45, 7) is 5.70. The molecule has 0 aliphatic rings. The highest BCUT2D eigenvalue weighted by Gasteiger charge is 2.18. The van der Waals surface area contributed by atoms with Gasteiger partial charge >= 0.3 is 0 Å². The first-order valence-corrected chi connectivity index (χ1v) is 8.78. The molecule has 0 bridgehead atoms. The Bertz CT molecular complexity index is 877. The van der Waals surface area contributed by atoms with Crippen LogP contribution in [-0.2, 0) is 4.79 Å². The van der Waals surface area contributed by atoms with Gasteiger partial charge in [0.15, 0.2) is 6.10 Å². The fraction of sp³-hybridized carbons (Fsp3) is 0.211. The first kappa shape index (κ1) is 17.1. The molecule has 0 spiro atoms. The highest BCUT2D eigenvalue weighted by molar-refractivity contribution is 7.18. The van der Waals surface area contributed by atoms with Crippen LogP contribution in [0.15, 0.2) is 48.5 Å². The Balaban J connectivity index is 1.65. The van der Waals surface area contributed by atoms with Gasteiger partial charge in [-0.2, -0.15) is 0 Å². The zero-order valence-corrected chi connectivity index (χ0v) is 15.1. The van der Waals surface area contributed by atoms with Crippen LogP contribution in [0.1, 0.15) is 18.1 Å². The van der Waals surface area contributed by atoms with E-state index < -0.39 is 6.10 Å². The molecule has 0 saturated heterocycles. The van der Waals surface area contributed by atoms with Gasteiger partial charge in [-0.3, -0.25) is 10.1 Å². The summed E-state index contributed by atoms with van der Waals surface area (Å²) >= 11 is 1.33. The third-order valence-corrected chi connectivity index (χ3v) is 4.57. The molecule has 0 radical (unpaired) electrons. The van der Waals surface area contributed by atoms with Gasteiger partial charge in [0.05, 0.1) is 0 Å². The number of hydrogen-bond acceptors (Lipinski definition) is 5. The van der Waals surface area contributed by atoms with Crippen molar-refractivity contribution in [3.05, 3.63) is 59.7 Å².